The minimum absolute atomic E-state index is 0.0483. The largest absolute Gasteiger partial charge is 0.481 e. The van der Waals surface area contributed by atoms with Crippen molar-refractivity contribution in [2.24, 2.45) is 7.05 Å². The number of aromatic nitrogens is 3. The molecule has 0 unspecified atom stereocenters. The Labute approximate surface area is 99.3 Å². The highest BCUT2D eigenvalue weighted by Gasteiger charge is 2.21. The van der Waals surface area contributed by atoms with Crippen molar-refractivity contribution in [3.8, 4) is 0 Å². The third-order valence-corrected chi connectivity index (χ3v) is 3.07. The van der Waals surface area contributed by atoms with Crippen LogP contribution in [-0.4, -0.2) is 31.6 Å². The number of hydrogen-bond donors (Lipinski definition) is 1. The average Bonchev–Trinajstić information content (AvgIpc) is 2.46. The Morgan fingerprint density at radius 1 is 1.44 bits per heavy atom. The first-order valence-corrected chi connectivity index (χ1v) is 6.05. The van der Waals surface area contributed by atoms with E-state index in [0.717, 1.165) is 11.0 Å². The van der Waals surface area contributed by atoms with Crippen LogP contribution in [0.5, 0.6) is 0 Å². The second-order valence-electron chi connectivity index (χ2n) is 4.61. The number of carboxylic acid groups (broad SMARTS) is 1. The van der Waals surface area contributed by atoms with Crippen LogP contribution < -0.4 is 0 Å². The van der Waals surface area contributed by atoms with E-state index >= 15 is 0 Å². The number of carboxylic acids is 1. The molecule has 0 aliphatic heterocycles. The highest BCUT2D eigenvalue weighted by molar-refractivity contribution is 7.99. The Kier molecular flexibility index (Phi) is 3.96. The highest BCUT2D eigenvalue weighted by atomic mass is 32.2. The first-order chi connectivity index (χ1) is 7.32. The quantitative estimate of drug-likeness (QED) is 0.815. The van der Waals surface area contributed by atoms with Crippen molar-refractivity contribution >= 4 is 17.7 Å². The van der Waals surface area contributed by atoms with E-state index in [0.29, 0.717) is 5.75 Å². The van der Waals surface area contributed by atoms with E-state index in [-0.39, 0.29) is 11.8 Å². The summed E-state index contributed by atoms with van der Waals surface area (Å²) in [7, 11) is 1.91. The third-order valence-electron chi connectivity index (χ3n) is 2.05. The van der Waals surface area contributed by atoms with Gasteiger partial charge in [-0.1, -0.05) is 32.5 Å². The van der Waals surface area contributed by atoms with Gasteiger partial charge in [-0.3, -0.25) is 4.79 Å². The van der Waals surface area contributed by atoms with Crippen molar-refractivity contribution < 1.29 is 9.90 Å². The molecule has 0 atom stereocenters. The van der Waals surface area contributed by atoms with Crippen molar-refractivity contribution in [3.05, 3.63) is 5.82 Å². The molecule has 1 heterocycles. The molecule has 1 N–H and O–H groups in total. The molecule has 0 bridgehead atoms. The van der Waals surface area contributed by atoms with Crippen LogP contribution in [-0.2, 0) is 17.3 Å². The fourth-order valence-electron chi connectivity index (χ4n) is 1.32. The highest BCUT2D eigenvalue weighted by Crippen LogP contribution is 2.24. The monoisotopic (exact) mass is 243 g/mol. The van der Waals surface area contributed by atoms with Crippen LogP contribution in [0.3, 0.4) is 0 Å². The zero-order valence-electron chi connectivity index (χ0n) is 10.0. The maximum Gasteiger partial charge on any atom is 0.304 e. The van der Waals surface area contributed by atoms with Gasteiger partial charge in [-0.15, -0.1) is 10.2 Å². The molecule has 1 aromatic heterocycles. The number of carbonyl (C=O) groups is 1. The molecule has 0 saturated heterocycles. The van der Waals surface area contributed by atoms with Gasteiger partial charge in [0.1, 0.15) is 5.82 Å². The molecule has 0 aliphatic rings. The lowest BCUT2D eigenvalue weighted by Gasteiger charge is -2.16. The lowest BCUT2D eigenvalue weighted by molar-refractivity contribution is -0.136. The molecule has 0 spiro atoms. The van der Waals surface area contributed by atoms with E-state index in [1.54, 1.807) is 0 Å². The fraction of sp³-hybridized carbons (Fsp3) is 0.700. The van der Waals surface area contributed by atoms with Crippen molar-refractivity contribution in [1.82, 2.24) is 14.8 Å². The molecule has 0 aliphatic carbocycles. The molecule has 0 fully saturated rings. The number of rotatable bonds is 4. The normalized spacial score (nSPS) is 11.8. The summed E-state index contributed by atoms with van der Waals surface area (Å²) in [6.07, 6.45) is 0.141. The van der Waals surface area contributed by atoms with Gasteiger partial charge < -0.3 is 9.67 Å². The topological polar surface area (TPSA) is 68.0 Å². The van der Waals surface area contributed by atoms with Crippen LogP contribution in [0.25, 0.3) is 0 Å². The zero-order chi connectivity index (χ0) is 12.3. The molecule has 5 nitrogen and oxygen atoms in total. The molecule has 0 amide bonds. The van der Waals surface area contributed by atoms with Crippen LogP contribution in [0, 0.1) is 0 Å². The fourth-order valence-corrected chi connectivity index (χ4v) is 2.16. The van der Waals surface area contributed by atoms with Gasteiger partial charge in [-0.2, -0.15) is 0 Å². The van der Waals surface area contributed by atoms with Gasteiger partial charge in [0.05, 0.1) is 6.42 Å². The minimum Gasteiger partial charge on any atom is -0.481 e. The Balaban J connectivity index is 2.69. The molecular formula is C10H17N3O2S. The Hall–Kier alpha value is -1.04. The number of hydrogen-bond acceptors (Lipinski definition) is 4. The van der Waals surface area contributed by atoms with Crippen molar-refractivity contribution in [2.45, 2.75) is 37.8 Å². The second-order valence-corrected chi connectivity index (χ2v) is 5.67. The van der Waals surface area contributed by atoms with E-state index < -0.39 is 5.97 Å². The molecule has 0 saturated carbocycles. The van der Waals surface area contributed by atoms with Gasteiger partial charge in [0, 0.05) is 18.2 Å². The predicted octanol–water partition coefficient (Wildman–Crippen LogP) is 1.68. The molecule has 0 radical (unpaired) electrons. The van der Waals surface area contributed by atoms with Crippen molar-refractivity contribution in [3.63, 3.8) is 0 Å². The van der Waals surface area contributed by atoms with Crippen molar-refractivity contribution in [2.75, 3.05) is 5.75 Å². The zero-order valence-corrected chi connectivity index (χ0v) is 10.8. The summed E-state index contributed by atoms with van der Waals surface area (Å²) in [6, 6.07) is 0. The van der Waals surface area contributed by atoms with Crippen LogP contribution in [0.15, 0.2) is 5.16 Å². The van der Waals surface area contributed by atoms with Gasteiger partial charge >= 0.3 is 5.97 Å². The molecule has 1 aromatic rings. The summed E-state index contributed by atoms with van der Waals surface area (Å²) in [5.74, 6) is 0.641. The SMILES string of the molecule is Cn1c(SCCC(=O)O)nnc1C(C)(C)C. The smallest absolute Gasteiger partial charge is 0.304 e. The number of aliphatic carboxylic acids is 1. The summed E-state index contributed by atoms with van der Waals surface area (Å²) in [6.45, 7) is 6.22. The lowest BCUT2D eigenvalue weighted by atomic mass is 9.96. The third kappa shape index (κ3) is 3.23. The van der Waals surface area contributed by atoms with Crippen LogP contribution >= 0.6 is 11.8 Å². The van der Waals surface area contributed by atoms with Gasteiger partial charge in [0.25, 0.3) is 0 Å². The maximum atomic E-state index is 10.4. The summed E-state index contributed by atoms with van der Waals surface area (Å²) < 4.78 is 1.92. The average molecular weight is 243 g/mol. The van der Waals surface area contributed by atoms with Gasteiger partial charge in [0.2, 0.25) is 0 Å². The number of nitrogens with zero attached hydrogens (tertiary/aromatic N) is 3. The molecule has 6 heteroatoms. The van der Waals surface area contributed by atoms with E-state index in [1.165, 1.54) is 11.8 Å². The second kappa shape index (κ2) is 4.86. The van der Waals surface area contributed by atoms with E-state index in [2.05, 4.69) is 31.0 Å². The minimum atomic E-state index is -0.786. The van der Waals surface area contributed by atoms with Crippen LogP contribution in [0.2, 0.25) is 0 Å². The van der Waals surface area contributed by atoms with Crippen molar-refractivity contribution in [1.29, 1.82) is 0 Å². The molecule has 1 rings (SSSR count). The molecule has 90 valence electrons. The van der Waals surface area contributed by atoms with Gasteiger partial charge in [-0.05, 0) is 0 Å². The maximum absolute atomic E-state index is 10.4. The van der Waals surface area contributed by atoms with E-state index in [1.807, 2.05) is 11.6 Å². The molecule has 16 heavy (non-hydrogen) atoms. The van der Waals surface area contributed by atoms with Crippen LogP contribution in [0.4, 0.5) is 0 Å². The van der Waals surface area contributed by atoms with E-state index in [9.17, 15) is 4.79 Å². The Morgan fingerprint density at radius 2 is 2.06 bits per heavy atom. The predicted molar refractivity (Wildman–Crippen MR) is 62.7 cm³/mol. The summed E-state index contributed by atoms with van der Waals surface area (Å²) >= 11 is 1.42. The Bertz CT molecular complexity index is 382. The summed E-state index contributed by atoms with van der Waals surface area (Å²) in [5.41, 5.74) is -0.0483. The number of thioether (sulfide) groups is 1. The summed E-state index contributed by atoms with van der Waals surface area (Å²) in [5, 5.41) is 17.5. The van der Waals surface area contributed by atoms with E-state index in [4.69, 9.17) is 5.11 Å². The summed E-state index contributed by atoms with van der Waals surface area (Å²) in [4.78, 5) is 10.4. The first kappa shape index (κ1) is 13.0. The lowest BCUT2D eigenvalue weighted by Crippen LogP contribution is -2.17. The first-order valence-electron chi connectivity index (χ1n) is 5.07. The standard InChI is InChI=1S/C10H17N3O2S/c1-10(2,3)8-11-12-9(13(8)4)16-6-5-7(14)15/h5-6H2,1-4H3,(H,14,15). The molecular weight excluding hydrogens is 226 g/mol. The van der Waals surface area contributed by atoms with Gasteiger partial charge in [0.15, 0.2) is 5.16 Å². The molecule has 0 aromatic carbocycles. The van der Waals surface area contributed by atoms with Crippen LogP contribution in [0.1, 0.15) is 33.0 Å². The van der Waals surface area contributed by atoms with Gasteiger partial charge in [-0.25, -0.2) is 0 Å². The Morgan fingerprint density at radius 3 is 2.50 bits per heavy atom.